The fourth-order valence-electron chi connectivity index (χ4n) is 3.45. The molecule has 7 heteroatoms. The van der Waals surface area contributed by atoms with Crippen molar-refractivity contribution in [1.29, 1.82) is 0 Å². The van der Waals surface area contributed by atoms with E-state index in [4.69, 9.17) is 4.74 Å². The molecule has 2 aromatic heterocycles. The van der Waals surface area contributed by atoms with E-state index in [0.29, 0.717) is 12.6 Å². The van der Waals surface area contributed by atoms with E-state index in [0.717, 1.165) is 42.7 Å². The summed E-state index contributed by atoms with van der Waals surface area (Å²) in [5, 5.41) is 6.68. The summed E-state index contributed by atoms with van der Waals surface area (Å²) < 4.78 is 7.93. The quantitative estimate of drug-likeness (QED) is 0.416. The van der Waals surface area contributed by atoms with Crippen LogP contribution in [0.3, 0.4) is 0 Å². The minimum Gasteiger partial charge on any atom is -0.378 e. The molecule has 0 atom stereocenters. The highest BCUT2D eigenvalue weighted by atomic mass is 16.5. The number of guanidine groups is 1. The summed E-state index contributed by atoms with van der Waals surface area (Å²) in [7, 11) is 1.79. The zero-order valence-corrected chi connectivity index (χ0v) is 17.0. The van der Waals surface area contributed by atoms with Crippen LogP contribution in [-0.4, -0.2) is 46.8 Å². The molecule has 1 aliphatic rings. The lowest BCUT2D eigenvalue weighted by Crippen LogP contribution is -2.37. The van der Waals surface area contributed by atoms with Crippen molar-refractivity contribution in [3.63, 3.8) is 0 Å². The summed E-state index contributed by atoms with van der Waals surface area (Å²) in [6.07, 6.45) is 13.5. The van der Waals surface area contributed by atoms with Crippen molar-refractivity contribution < 1.29 is 4.74 Å². The molecule has 3 rings (SSSR count). The van der Waals surface area contributed by atoms with Gasteiger partial charge >= 0.3 is 0 Å². The Hall–Kier alpha value is -2.41. The summed E-state index contributed by atoms with van der Waals surface area (Å²) in [5.74, 6) is 2.60. The third-order valence-electron chi connectivity index (χ3n) is 5.08. The van der Waals surface area contributed by atoms with E-state index in [1.54, 1.807) is 13.2 Å². The molecule has 0 unspecified atom stereocenters. The van der Waals surface area contributed by atoms with Crippen LogP contribution in [0.1, 0.15) is 49.9 Å². The lowest BCUT2D eigenvalue weighted by Gasteiger charge is -2.22. The van der Waals surface area contributed by atoms with Gasteiger partial charge in [0.2, 0.25) is 0 Å². The monoisotopic (exact) mass is 384 g/mol. The largest absolute Gasteiger partial charge is 0.378 e. The van der Waals surface area contributed by atoms with Gasteiger partial charge in [-0.3, -0.25) is 9.56 Å². The van der Waals surface area contributed by atoms with E-state index >= 15 is 0 Å². The maximum absolute atomic E-state index is 5.96. The van der Waals surface area contributed by atoms with Crippen LogP contribution in [0.4, 0.5) is 0 Å². The van der Waals surface area contributed by atoms with Gasteiger partial charge in [-0.05, 0) is 37.8 Å². The van der Waals surface area contributed by atoms with Crippen LogP contribution in [0.15, 0.2) is 35.7 Å². The maximum atomic E-state index is 5.96. The second-order valence-electron chi connectivity index (χ2n) is 7.21. The Labute approximate surface area is 167 Å². The zero-order valence-electron chi connectivity index (χ0n) is 17.0. The SMILES string of the molecule is CN=C(NCCCOC1CCCCC1)NCc1ccc(-n2ccnc2C)nc1. The number of hydrogen-bond acceptors (Lipinski definition) is 4. The number of aryl methyl sites for hydroxylation is 1. The Morgan fingerprint density at radius 3 is 2.75 bits per heavy atom. The normalized spacial score (nSPS) is 15.6. The second kappa shape index (κ2) is 10.8. The smallest absolute Gasteiger partial charge is 0.191 e. The molecule has 1 saturated carbocycles. The van der Waals surface area contributed by atoms with E-state index in [9.17, 15) is 0 Å². The maximum Gasteiger partial charge on any atom is 0.191 e. The highest BCUT2D eigenvalue weighted by Crippen LogP contribution is 2.20. The van der Waals surface area contributed by atoms with Gasteiger partial charge in [-0.25, -0.2) is 9.97 Å². The number of nitrogens with zero attached hydrogens (tertiary/aromatic N) is 4. The number of hydrogen-bond donors (Lipinski definition) is 2. The lowest BCUT2D eigenvalue weighted by molar-refractivity contribution is 0.0277. The van der Waals surface area contributed by atoms with Crippen molar-refractivity contribution >= 4 is 5.96 Å². The molecule has 1 aliphatic carbocycles. The average Bonchev–Trinajstić information content (AvgIpc) is 3.17. The van der Waals surface area contributed by atoms with Crippen molar-refractivity contribution in [3.05, 3.63) is 42.1 Å². The molecule has 0 saturated heterocycles. The highest BCUT2D eigenvalue weighted by Gasteiger charge is 2.13. The van der Waals surface area contributed by atoms with Crippen LogP contribution in [0.5, 0.6) is 0 Å². The van der Waals surface area contributed by atoms with Crippen LogP contribution < -0.4 is 10.6 Å². The van der Waals surface area contributed by atoms with Gasteiger partial charge in [0.15, 0.2) is 5.96 Å². The lowest BCUT2D eigenvalue weighted by atomic mass is 9.98. The molecule has 2 N–H and O–H groups in total. The first-order valence-electron chi connectivity index (χ1n) is 10.3. The zero-order chi connectivity index (χ0) is 19.6. The number of imidazole rings is 1. The van der Waals surface area contributed by atoms with Gasteiger partial charge in [-0.1, -0.05) is 25.3 Å². The first kappa shape index (κ1) is 20.3. The minimum atomic E-state index is 0.479. The summed E-state index contributed by atoms with van der Waals surface area (Å²) in [6.45, 7) is 4.30. The molecule has 0 bridgehead atoms. The summed E-state index contributed by atoms with van der Waals surface area (Å²) in [4.78, 5) is 13.0. The first-order chi connectivity index (χ1) is 13.8. The molecule has 0 aliphatic heterocycles. The number of ether oxygens (including phenoxy) is 1. The molecule has 2 aromatic rings. The summed E-state index contributed by atoms with van der Waals surface area (Å²) in [6, 6.07) is 4.07. The number of pyridine rings is 1. The number of rotatable bonds is 8. The van der Waals surface area contributed by atoms with Crippen molar-refractivity contribution in [3.8, 4) is 5.82 Å². The van der Waals surface area contributed by atoms with E-state index in [1.807, 2.05) is 30.0 Å². The van der Waals surface area contributed by atoms with Crippen molar-refractivity contribution in [1.82, 2.24) is 25.2 Å². The molecule has 0 spiro atoms. The third kappa shape index (κ3) is 6.05. The fourth-order valence-corrected chi connectivity index (χ4v) is 3.45. The third-order valence-corrected chi connectivity index (χ3v) is 5.08. The fraction of sp³-hybridized carbons (Fsp3) is 0.571. The molecule has 152 valence electrons. The van der Waals surface area contributed by atoms with Gasteiger partial charge in [0.05, 0.1) is 6.10 Å². The van der Waals surface area contributed by atoms with Crippen LogP contribution in [0, 0.1) is 6.92 Å². The number of nitrogens with one attached hydrogen (secondary N) is 2. The topological polar surface area (TPSA) is 76.4 Å². The van der Waals surface area contributed by atoms with Gasteiger partial charge in [0, 0.05) is 45.3 Å². The van der Waals surface area contributed by atoms with Gasteiger partial charge in [-0.2, -0.15) is 0 Å². The molecule has 28 heavy (non-hydrogen) atoms. The van der Waals surface area contributed by atoms with Crippen LogP contribution in [0.25, 0.3) is 5.82 Å². The molecule has 0 aromatic carbocycles. The average molecular weight is 385 g/mol. The van der Waals surface area contributed by atoms with Crippen LogP contribution in [0.2, 0.25) is 0 Å². The predicted molar refractivity (Wildman–Crippen MR) is 112 cm³/mol. The Bertz CT molecular complexity index is 734. The summed E-state index contributed by atoms with van der Waals surface area (Å²) >= 11 is 0. The Morgan fingerprint density at radius 1 is 1.21 bits per heavy atom. The van der Waals surface area contributed by atoms with Crippen molar-refractivity contribution in [2.75, 3.05) is 20.2 Å². The van der Waals surface area contributed by atoms with Gasteiger partial charge in [0.25, 0.3) is 0 Å². The summed E-state index contributed by atoms with van der Waals surface area (Å²) in [5.41, 5.74) is 1.10. The molecule has 1 fully saturated rings. The van der Waals surface area contributed by atoms with Crippen LogP contribution in [-0.2, 0) is 11.3 Å². The van der Waals surface area contributed by atoms with E-state index in [-0.39, 0.29) is 0 Å². The molecule has 2 heterocycles. The molecule has 0 amide bonds. The van der Waals surface area contributed by atoms with Gasteiger partial charge in [0.1, 0.15) is 11.6 Å². The number of aromatic nitrogens is 3. The number of aliphatic imine (C=N–C) groups is 1. The van der Waals surface area contributed by atoms with Gasteiger partial charge < -0.3 is 15.4 Å². The predicted octanol–water partition coefficient (Wildman–Crippen LogP) is 2.98. The molecule has 0 radical (unpaired) electrons. The van der Waals surface area contributed by atoms with Crippen LogP contribution >= 0.6 is 0 Å². The standard InChI is InChI=1S/C21H32N6O/c1-17-23-12-13-27(17)20-10-9-18(15-25-20)16-26-21(22-2)24-11-6-14-28-19-7-4-3-5-8-19/h9-10,12-13,15,19H,3-8,11,14,16H2,1-2H3,(H2,22,24,26). The Kier molecular flexibility index (Phi) is 7.84. The first-order valence-corrected chi connectivity index (χ1v) is 10.3. The minimum absolute atomic E-state index is 0.479. The molecular formula is C21H32N6O. The molecular weight excluding hydrogens is 352 g/mol. The second-order valence-corrected chi connectivity index (χ2v) is 7.21. The van der Waals surface area contributed by atoms with Crippen molar-refractivity contribution in [2.45, 2.75) is 58.1 Å². The van der Waals surface area contributed by atoms with Crippen molar-refractivity contribution in [2.24, 2.45) is 4.99 Å². The molecule has 7 nitrogen and oxygen atoms in total. The van der Waals surface area contributed by atoms with E-state index < -0.39 is 0 Å². The Morgan fingerprint density at radius 2 is 2.07 bits per heavy atom. The highest BCUT2D eigenvalue weighted by molar-refractivity contribution is 5.79. The van der Waals surface area contributed by atoms with E-state index in [1.165, 1.54) is 32.1 Å². The Balaban J connectivity index is 1.35. The van der Waals surface area contributed by atoms with Gasteiger partial charge in [-0.15, -0.1) is 0 Å². The van der Waals surface area contributed by atoms with E-state index in [2.05, 4.69) is 31.7 Å².